The predicted molar refractivity (Wildman–Crippen MR) is 89.5 cm³/mol. The van der Waals surface area contributed by atoms with Gasteiger partial charge in [-0.05, 0) is 45.4 Å². The molecule has 2 rings (SSSR count). The lowest BCUT2D eigenvalue weighted by atomic mass is 10.0. The molecule has 1 aliphatic rings. The fraction of sp³-hybridized carbons (Fsp3) is 0.588. The van der Waals surface area contributed by atoms with Gasteiger partial charge in [-0.15, -0.1) is 0 Å². The first-order chi connectivity index (χ1) is 10.6. The van der Waals surface area contributed by atoms with Crippen LogP contribution in [0.3, 0.4) is 0 Å². The molecule has 1 fully saturated rings. The number of carbonyl (C=O) groups excluding carboxylic acids is 1. The Balaban J connectivity index is 1.79. The summed E-state index contributed by atoms with van der Waals surface area (Å²) in [4.78, 5) is 14.5. The highest BCUT2D eigenvalue weighted by molar-refractivity contribution is 5.89. The topological polar surface area (TPSA) is 53.6 Å². The minimum absolute atomic E-state index is 0.176. The fourth-order valence-electron chi connectivity index (χ4n) is 3.01. The molecule has 1 aliphatic heterocycles. The summed E-state index contributed by atoms with van der Waals surface area (Å²) in [5.74, 6) is 0.730. The Kier molecular flexibility index (Phi) is 6.07. The summed E-state index contributed by atoms with van der Waals surface area (Å²) < 4.78 is 5.15. The maximum atomic E-state index is 12.0. The highest BCUT2D eigenvalue weighted by atomic mass is 16.5. The van der Waals surface area contributed by atoms with E-state index in [0.717, 1.165) is 18.0 Å². The van der Waals surface area contributed by atoms with Gasteiger partial charge in [-0.25, -0.2) is 4.79 Å². The lowest BCUT2D eigenvalue weighted by molar-refractivity contribution is 0.114. The summed E-state index contributed by atoms with van der Waals surface area (Å²) in [7, 11) is 1.61. The van der Waals surface area contributed by atoms with Gasteiger partial charge in [0.05, 0.1) is 7.11 Å². The van der Waals surface area contributed by atoms with Crippen molar-refractivity contribution in [2.75, 3.05) is 25.5 Å². The number of hydrogen-bond acceptors (Lipinski definition) is 3. The predicted octanol–water partition coefficient (Wildman–Crippen LogP) is 3.08. The number of likely N-dealkylation sites (tertiary alicyclic amines) is 1. The third-order valence-electron chi connectivity index (χ3n) is 4.31. The second kappa shape index (κ2) is 8.03. The zero-order valence-corrected chi connectivity index (χ0v) is 13.8. The van der Waals surface area contributed by atoms with Crippen LogP contribution in [-0.4, -0.2) is 43.2 Å². The number of anilines is 1. The van der Waals surface area contributed by atoms with Crippen molar-refractivity contribution >= 4 is 11.7 Å². The van der Waals surface area contributed by atoms with Gasteiger partial charge in [0.2, 0.25) is 0 Å². The summed E-state index contributed by atoms with van der Waals surface area (Å²) in [5.41, 5.74) is 0.732. The number of piperidine rings is 1. The van der Waals surface area contributed by atoms with Gasteiger partial charge in [-0.3, -0.25) is 4.90 Å². The number of methoxy groups -OCH3 is 1. The van der Waals surface area contributed by atoms with E-state index in [1.807, 2.05) is 18.2 Å². The smallest absolute Gasteiger partial charge is 0.319 e. The first-order valence-electron chi connectivity index (χ1n) is 8.05. The molecular formula is C17H27N3O2. The summed E-state index contributed by atoms with van der Waals surface area (Å²) >= 11 is 0. The molecule has 0 unspecified atom stereocenters. The maximum absolute atomic E-state index is 12.0. The largest absolute Gasteiger partial charge is 0.497 e. The van der Waals surface area contributed by atoms with E-state index in [2.05, 4.69) is 29.4 Å². The molecule has 2 N–H and O–H groups in total. The zero-order chi connectivity index (χ0) is 15.9. The molecule has 2 amide bonds. The summed E-state index contributed by atoms with van der Waals surface area (Å²) in [6.07, 6.45) is 3.82. The Hall–Kier alpha value is -1.75. The Morgan fingerprint density at radius 2 is 2.27 bits per heavy atom. The highest BCUT2D eigenvalue weighted by Gasteiger charge is 2.23. The van der Waals surface area contributed by atoms with Gasteiger partial charge in [-0.1, -0.05) is 12.5 Å². The molecule has 22 heavy (non-hydrogen) atoms. The van der Waals surface area contributed by atoms with Crippen molar-refractivity contribution in [3.8, 4) is 5.75 Å². The van der Waals surface area contributed by atoms with Crippen LogP contribution in [0.1, 0.15) is 33.1 Å². The number of urea groups is 1. The molecule has 1 heterocycles. The van der Waals surface area contributed by atoms with Gasteiger partial charge in [0.1, 0.15) is 5.75 Å². The number of nitrogens with zero attached hydrogens (tertiary/aromatic N) is 1. The van der Waals surface area contributed by atoms with Gasteiger partial charge < -0.3 is 15.4 Å². The van der Waals surface area contributed by atoms with Crippen LogP contribution >= 0.6 is 0 Å². The number of ether oxygens (including phenoxy) is 1. The van der Waals surface area contributed by atoms with Crippen LogP contribution in [0, 0.1) is 0 Å². The van der Waals surface area contributed by atoms with Crippen LogP contribution in [-0.2, 0) is 0 Å². The van der Waals surface area contributed by atoms with Crippen LogP contribution in [0.5, 0.6) is 5.75 Å². The second-order valence-corrected chi connectivity index (χ2v) is 6.00. The van der Waals surface area contributed by atoms with Crippen molar-refractivity contribution in [2.24, 2.45) is 0 Å². The van der Waals surface area contributed by atoms with Crippen molar-refractivity contribution in [1.82, 2.24) is 10.2 Å². The molecule has 0 bridgehead atoms. The lowest BCUT2D eigenvalue weighted by Gasteiger charge is -2.38. The number of carbonyl (C=O) groups is 1. The Morgan fingerprint density at radius 3 is 3.00 bits per heavy atom. The van der Waals surface area contributed by atoms with Crippen LogP contribution in [0.15, 0.2) is 24.3 Å². The Labute approximate surface area is 133 Å². The fourth-order valence-corrected chi connectivity index (χ4v) is 3.01. The summed E-state index contributed by atoms with van der Waals surface area (Å²) in [5, 5.41) is 5.79. The number of amides is 2. The van der Waals surface area contributed by atoms with E-state index in [-0.39, 0.29) is 6.03 Å². The molecule has 0 radical (unpaired) electrons. The van der Waals surface area contributed by atoms with E-state index in [1.165, 1.54) is 19.3 Å². The normalized spacial score (nSPS) is 20.2. The van der Waals surface area contributed by atoms with E-state index in [1.54, 1.807) is 13.2 Å². The van der Waals surface area contributed by atoms with E-state index in [4.69, 9.17) is 4.74 Å². The SMILES string of the molecule is COc1cccc(NC(=O)NC[C@@H](C)N2CCCC[C@H]2C)c1. The zero-order valence-electron chi connectivity index (χ0n) is 13.8. The van der Waals surface area contributed by atoms with Crippen molar-refractivity contribution in [2.45, 2.75) is 45.2 Å². The van der Waals surface area contributed by atoms with E-state index < -0.39 is 0 Å². The molecule has 0 aliphatic carbocycles. The maximum Gasteiger partial charge on any atom is 0.319 e. The average Bonchev–Trinajstić information content (AvgIpc) is 2.53. The van der Waals surface area contributed by atoms with Crippen LogP contribution in [0.2, 0.25) is 0 Å². The molecule has 0 aromatic heterocycles. The number of rotatable bonds is 5. The monoisotopic (exact) mass is 305 g/mol. The molecule has 5 nitrogen and oxygen atoms in total. The lowest BCUT2D eigenvalue weighted by Crippen LogP contribution is -2.49. The third kappa shape index (κ3) is 4.63. The molecule has 5 heteroatoms. The number of hydrogen-bond donors (Lipinski definition) is 2. The molecule has 0 saturated carbocycles. The van der Waals surface area contributed by atoms with Gasteiger partial charge in [0.25, 0.3) is 0 Å². The third-order valence-corrected chi connectivity index (χ3v) is 4.31. The molecule has 1 aromatic carbocycles. The van der Waals surface area contributed by atoms with E-state index in [9.17, 15) is 4.79 Å². The molecule has 2 atom stereocenters. The first kappa shape index (κ1) is 16.6. The van der Waals surface area contributed by atoms with E-state index in [0.29, 0.717) is 18.6 Å². The van der Waals surface area contributed by atoms with Crippen LogP contribution in [0.25, 0.3) is 0 Å². The minimum Gasteiger partial charge on any atom is -0.497 e. The van der Waals surface area contributed by atoms with Gasteiger partial charge >= 0.3 is 6.03 Å². The molecule has 122 valence electrons. The number of benzene rings is 1. The molecule has 1 saturated heterocycles. The summed E-state index contributed by atoms with van der Waals surface area (Å²) in [6, 6.07) is 8.13. The van der Waals surface area contributed by atoms with Crippen LogP contribution in [0.4, 0.5) is 10.5 Å². The Morgan fingerprint density at radius 1 is 1.45 bits per heavy atom. The van der Waals surface area contributed by atoms with Crippen LogP contribution < -0.4 is 15.4 Å². The first-order valence-corrected chi connectivity index (χ1v) is 8.05. The Bertz CT molecular complexity index is 493. The summed E-state index contributed by atoms with van der Waals surface area (Å²) in [6.45, 7) is 6.22. The van der Waals surface area contributed by atoms with E-state index >= 15 is 0 Å². The molecular weight excluding hydrogens is 278 g/mol. The quantitative estimate of drug-likeness (QED) is 0.879. The van der Waals surface area contributed by atoms with Gasteiger partial charge in [-0.2, -0.15) is 0 Å². The van der Waals surface area contributed by atoms with Gasteiger partial charge in [0, 0.05) is 30.4 Å². The second-order valence-electron chi connectivity index (χ2n) is 6.00. The van der Waals surface area contributed by atoms with Crippen molar-refractivity contribution in [1.29, 1.82) is 0 Å². The van der Waals surface area contributed by atoms with Crippen molar-refractivity contribution in [3.05, 3.63) is 24.3 Å². The molecule has 1 aromatic rings. The minimum atomic E-state index is -0.176. The number of nitrogens with one attached hydrogen (secondary N) is 2. The van der Waals surface area contributed by atoms with Crippen molar-refractivity contribution < 1.29 is 9.53 Å². The van der Waals surface area contributed by atoms with Crippen molar-refractivity contribution in [3.63, 3.8) is 0 Å². The average molecular weight is 305 g/mol. The standard InChI is InChI=1S/C17H27N3O2/c1-13-7-4-5-10-20(13)14(2)12-18-17(21)19-15-8-6-9-16(11-15)22-3/h6,8-9,11,13-14H,4-5,7,10,12H2,1-3H3,(H2,18,19,21)/t13-,14-/m1/s1. The van der Waals surface area contributed by atoms with Gasteiger partial charge in [0.15, 0.2) is 0 Å². The molecule has 0 spiro atoms. The highest BCUT2D eigenvalue weighted by Crippen LogP contribution is 2.19.